The Hall–Kier alpha value is -0.600. The topological polar surface area (TPSA) is 0 Å². The predicted octanol–water partition coefficient (Wildman–Crippen LogP) is 4.96. The largest absolute Gasteiger partial charge is 0.140 e. The number of fused-ring (bicyclic) bond motifs is 5. The van der Waals surface area contributed by atoms with E-state index in [9.17, 15) is 0 Å². The van der Waals surface area contributed by atoms with Crippen molar-refractivity contribution in [1.82, 2.24) is 0 Å². The summed E-state index contributed by atoms with van der Waals surface area (Å²) in [6, 6.07) is 6.75. The molecule has 0 fully saturated rings. The van der Waals surface area contributed by atoms with Crippen LogP contribution in [0.15, 0.2) is 22.7 Å². The fourth-order valence-electron chi connectivity index (χ4n) is 3.16. The molecule has 0 radical (unpaired) electrons. The molecule has 4 rings (SSSR count). The average molecular weight is 305 g/mol. The molecule has 0 atom stereocenters. The molecule has 0 aliphatic heterocycles. The van der Waals surface area contributed by atoms with E-state index >= 15 is 0 Å². The molecule has 2 heteroatoms. The maximum Gasteiger partial charge on any atom is 0.0386 e. The summed E-state index contributed by atoms with van der Waals surface area (Å²) in [6.07, 6.45) is 6.57. The maximum absolute atomic E-state index is 3.58. The summed E-state index contributed by atoms with van der Waals surface area (Å²) in [5.41, 5.74) is 6.35. The highest BCUT2D eigenvalue weighted by Crippen LogP contribution is 2.47. The van der Waals surface area contributed by atoms with Gasteiger partial charge in [0.1, 0.15) is 0 Å². The van der Waals surface area contributed by atoms with Crippen molar-refractivity contribution in [2.24, 2.45) is 0 Å². The number of halogens is 1. The molecular formula is C15H13BrS. The molecule has 0 N–H and O–H groups in total. The molecule has 0 spiro atoms. The molecule has 1 heterocycles. The van der Waals surface area contributed by atoms with Gasteiger partial charge in [-0.2, -0.15) is 0 Å². The zero-order valence-corrected chi connectivity index (χ0v) is 12.0. The second kappa shape index (κ2) is 3.69. The summed E-state index contributed by atoms with van der Waals surface area (Å²) >= 11 is 5.63. The van der Waals surface area contributed by atoms with Gasteiger partial charge >= 0.3 is 0 Å². The Morgan fingerprint density at radius 3 is 2.88 bits per heavy atom. The van der Waals surface area contributed by atoms with E-state index in [4.69, 9.17) is 0 Å². The number of hydrogen-bond donors (Lipinski definition) is 0. The standard InChI is InChI=1S/C15H13BrS/c16-10-5-6-11-9(7-10)8-13-12-3-1-2-4-14(12)17-15(11)13/h5-7H,1-4,8H2. The predicted molar refractivity (Wildman–Crippen MR) is 76.9 cm³/mol. The molecule has 0 amide bonds. The molecule has 86 valence electrons. The summed E-state index contributed by atoms with van der Waals surface area (Å²) in [6.45, 7) is 0. The van der Waals surface area contributed by atoms with Gasteiger partial charge < -0.3 is 0 Å². The van der Waals surface area contributed by atoms with E-state index in [1.807, 2.05) is 0 Å². The van der Waals surface area contributed by atoms with Gasteiger partial charge in [0.15, 0.2) is 0 Å². The Morgan fingerprint density at radius 1 is 1.06 bits per heavy atom. The van der Waals surface area contributed by atoms with Gasteiger partial charge in [-0.05, 0) is 66.5 Å². The van der Waals surface area contributed by atoms with Crippen LogP contribution < -0.4 is 0 Å². The first kappa shape index (κ1) is 10.3. The number of benzene rings is 1. The highest BCUT2D eigenvalue weighted by atomic mass is 79.9. The Bertz CT molecular complexity index is 610. The Kier molecular flexibility index (Phi) is 2.25. The molecule has 2 aromatic rings. The van der Waals surface area contributed by atoms with Crippen LogP contribution in [-0.2, 0) is 19.3 Å². The summed E-state index contributed by atoms with van der Waals surface area (Å²) in [7, 11) is 0. The summed E-state index contributed by atoms with van der Waals surface area (Å²) in [5, 5.41) is 0. The molecule has 17 heavy (non-hydrogen) atoms. The lowest BCUT2D eigenvalue weighted by Crippen LogP contribution is -2.00. The zero-order valence-electron chi connectivity index (χ0n) is 9.55. The summed E-state index contributed by atoms with van der Waals surface area (Å²) in [4.78, 5) is 3.24. The molecule has 0 saturated heterocycles. The van der Waals surface area contributed by atoms with Crippen LogP contribution in [0.25, 0.3) is 10.4 Å². The van der Waals surface area contributed by atoms with Gasteiger partial charge in [0.05, 0.1) is 0 Å². The molecule has 2 aliphatic rings. The molecular weight excluding hydrogens is 292 g/mol. The molecule has 0 nitrogen and oxygen atoms in total. The van der Waals surface area contributed by atoms with E-state index in [1.165, 1.54) is 41.3 Å². The third kappa shape index (κ3) is 1.47. The van der Waals surface area contributed by atoms with Gasteiger partial charge in [-0.3, -0.25) is 0 Å². The average Bonchev–Trinajstić information content (AvgIpc) is 2.84. The van der Waals surface area contributed by atoms with Crippen molar-refractivity contribution in [3.05, 3.63) is 44.2 Å². The van der Waals surface area contributed by atoms with Crippen LogP contribution in [0.1, 0.15) is 34.4 Å². The van der Waals surface area contributed by atoms with Crippen molar-refractivity contribution in [2.45, 2.75) is 32.1 Å². The quantitative estimate of drug-likeness (QED) is 0.550. The monoisotopic (exact) mass is 304 g/mol. The maximum atomic E-state index is 3.58. The van der Waals surface area contributed by atoms with Crippen molar-refractivity contribution in [1.29, 1.82) is 0 Å². The molecule has 0 unspecified atom stereocenters. The second-order valence-corrected chi connectivity index (χ2v) is 7.02. The van der Waals surface area contributed by atoms with Gasteiger partial charge in [0.25, 0.3) is 0 Å². The second-order valence-electron chi connectivity index (χ2n) is 5.00. The van der Waals surface area contributed by atoms with Gasteiger partial charge in [0.2, 0.25) is 0 Å². The van der Waals surface area contributed by atoms with E-state index in [0.717, 1.165) is 6.42 Å². The Balaban J connectivity index is 1.93. The fraction of sp³-hybridized carbons (Fsp3) is 0.333. The Labute approximate surface area is 114 Å². The molecule has 2 aliphatic carbocycles. The highest BCUT2D eigenvalue weighted by Gasteiger charge is 2.27. The van der Waals surface area contributed by atoms with Crippen molar-refractivity contribution in [3.63, 3.8) is 0 Å². The van der Waals surface area contributed by atoms with E-state index < -0.39 is 0 Å². The minimum Gasteiger partial charge on any atom is -0.140 e. The normalized spacial score (nSPS) is 16.5. The molecule has 1 aromatic carbocycles. The van der Waals surface area contributed by atoms with Gasteiger partial charge in [0, 0.05) is 14.2 Å². The van der Waals surface area contributed by atoms with Crippen molar-refractivity contribution >= 4 is 27.3 Å². The zero-order chi connectivity index (χ0) is 11.4. The minimum absolute atomic E-state index is 1.16. The number of aryl methyl sites for hydroxylation is 1. The van der Waals surface area contributed by atoms with Crippen LogP contribution >= 0.6 is 27.3 Å². The first-order valence-corrected chi connectivity index (χ1v) is 7.86. The molecule has 0 bridgehead atoms. The van der Waals surface area contributed by atoms with Crippen LogP contribution in [0.2, 0.25) is 0 Å². The first-order valence-electron chi connectivity index (χ1n) is 6.25. The summed E-state index contributed by atoms with van der Waals surface area (Å²) < 4.78 is 1.21. The van der Waals surface area contributed by atoms with Crippen LogP contribution in [0.3, 0.4) is 0 Å². The highest BCUT2D eigenvalue weighted by molar-refractivity contribution is 9.10. The third-order valence-electron chi connectivity index (χ3n) is 3.96. The van der Waals surface area contributed by atoms with E-state index in [2.05, 4.69) is 45.5 Å². The molecule has 1 aromatic heterocycles. The smallest absolute Gasteiger partial charge is 0.0386 e. The van der Waals surface area contributed by atoms with Crippen LogP contribution in [0.5, 0.6) is 0 Å². The number of thiophene rings is 1. The Morgan fingerprint density at radius 2 is 1.94 bits per heavy atom. The van der Waals surface area contributed by atoms with Crippen LogP contribution in [0.4, 0.5) is 0 Å². The lowest BCUT2D eigenvalue weighted by molar-refractivity contribution is 0.693. The molecule has 0 saturated carbocycles. The van der Waals surface area contributed by atoms with Crippen LogP contribution in [-0.4, -0.2) is 0 Å². The van der Waals surface area contributed by atoms with E-state index in [1.54, 1.807) is 20.9 Å². The van der Waals surface area contributed by atoms with Crippen LogP contribution in [0, 0.1) is 0 Å². The minimum atomic E-state index is 1.16. The lowest BCUT2D eigenvalue weighted by Gasteiger charge is -2.12. The van der Waals surface area contributed by atoms with E-state index in [0.29, 0.717) is 0 Å². The SMILES string of the molecule is Brc1ccc2c(c1)Cc1c-2sc2c1CCCC2. The number of rotatable bonds is 0. The van der Waals surface area contributed by atoms with Gasteiger partial charge in [-0.15, -0.1) is 11.3 Å². The number of hydrogen-bond acceptors (Lipinski definition) is 1. The first-order chi connectivity index (χ1) is 8.33. The van der Waals surface area contributed by atoms with Crippen molar-refractivity contribution < 1.29 is 0 Å². The van der Waals surface area contributed by atoms with Crippen molar-refractivity contribution in [3.8, 4) is 10.4 Å². The summed E-state index contributed by atoms with van der Waals surface area (Å²) in [5.74, 6) is 0. The fourth-order valence-corrected chi connectivity index (χ4v) is 5.03. The van der Waals surface area contributed by atoms with Gasteiger partial charge in [-0.25, -0.2) is 0 Å². The van der Waals surface area contributed by atoms with Crippen molar-refractivity contribution in [2.75, 3.05) is 0 Å². The third-order valence-corrected chi connectivity index (χ3v) is 5.82. The lowest BCUT2D eigenvalue weighted by atomic mass is 9.94. The van der Waals surface area contributed by atoms with E-state index in [-0.39, 0.29) is 0 Å². The van der Waals surface area contributed by atoms with Gasteiger partial charge in [-0.1, -0.05) is 22.0 Å².